The summed E-state index contributed by atoms with van der Waals surface area (Å²) in [4.78, 5) is 23.9. The van der Waals surface area contributed by atoms with Gasteiger partial charge in [0.15, 0.2) is 10.2 Å². The summed E-state index contributed by atoms with van der Waals surface area (Å²) in [6, 6.07) is 3.47. The van der Waals surface area contributed by atoms with Crippen LogP contribution in [0.5, 0.6) is 5.88 Å². The number of halogens is 2. The first-order chi connectivity index (χ1) is 12.7. The minimum atomic E-state index is -4.38. The topological polar surface area (TPSA) is 128 Å². The van der Waals surface area contributed by atoms with Crippen molar-refractivity contribution in [3.05, 3.63) is 40.3 Å². The number of pyridine rings is 1. The van der Waals surface area contributed by atoms with Crippen molar-refractivity contribution in [2.75, 3.05) is 12.4 Å². The molecule has 0 fully saturated rings. The van der Waals surface area contributed by atoms with Gasteiger partial charge in [-0.25, -0.2) is 19.5 Å². The maximum Gasteiger partial charge on any atom is 0.335 e. The van der Waals surface area contributed by atoms with E-state index in [1.807, 2.05) is 4.72 Å². The molecule has 3 aromatic heterocycles. The van der Waals surface area contributed by atoms with Crippen molar-refractivity contribution in [1.82, 2.24) is 24.1 Å². The third kappa shape index (κ3) is 4.04. The lowest BCUT2D eigenvalue weighted by atomic mass is 10.4. The minimum Gasteiger partial charge on any atom is -0.481 e. The Morgan fingerprint density at radius 3 is 2.67 bits per heavy atom. The Morgan fingerprint density at radius 1 is 1.22 bits per heavy atom. The molecule has 0 atom stereocenters. The number of methoxy groups -OCH3 is 1. The summed E-state index contributed by atoms with van der Waals surface area (Å²) in [5, 5.41) is 1.74. The van der Waals surface area contributed by atoms with Gasteiger partial charge in [0.05, 0.1) is 12.1 Å². The number of fused-ring (bicyclic) bond motifs is 1. The molecule has 13 heteroatoms. The Hall–Kier alpha value is -2.63. The van der Waals surface area contributed by atoms with Gasteiger partial charge < -0.3 is 4.74 Å². The summed E-state index contributed by atoms with van der Waals surface area (Å²) in [6.45, 7) is 1.66. The number of urea groups is 1. The molecule has 0 aliphatic heterocycles. The molecule has 0 saturated carbocycles. The highest BCUT2D eigenvalue weighted by molar-refractivity contribution is 7.90. The second kappa shape index (κ2) is 7.18. The Morgan fingerprint density at radius 2 is 1.96 bits per heavy atom. The van der Waals surface area contributed by atoms with Gasteiger partial charge in [0.25, 0.3) is 10.0 Å². The molecule has 0 unspecified atom stereocenters. The number of amides is 2. The predicted octanol–water partition coefficient (Wildman–Crippen LogP) is 2.26. The van der Waals surface area contributed by atoms with E-state index < -0.39 is 21.1 Å². The van der Waals surface area contributed by atoms with Gasteiger partial charge in [-0.05, 0) is 19.1 Å². The van der Waals surface area contributed by atoms with Crippen molar-refractivity contribution in [3.63, 3.8) is 0 Å². The van der Waals surface area contributed by atoms with Crippen LogP contribution in [0.25, 0.3) is 5.65 Å². The lowest BCUT2D eigenvalue weighted by molar-refractivity contribution is 0.256. The highest BCUT2D eigenvalue weighted by Gasteiger charge is 2.27. The predicted molar refractivity (Wildman–Crippen MR) is 97.9 cm³/mol. The average Bonchev–Trinajstić information content (AvgIpc) is 2.89. The average molecular weight is 431 g/mol. The Balaban J connectivity index is 1.89. The van der Waals surface area contributed by atoms with E-state index in [9.17, 15) is 13.2 Å². The van der Waals surface area contributed by atoms with E-state index >= 15 is 0 Å². The van der Waals surface area contributed by atoms with Crippen molar-refractivity contribution in [2.24, 2.45) is 0 Å². The van der Waals surface area contributed by atoms with E-state index in [1.54, 1.807) is 13.0 Å². The first-order valence-electron chi connectivity index (χ1n) is 7.26. The Labute approximate surface area is 163 Å². The van der Waals surface area contributed by atoms with Crippen molar-refractivity contribution in [2.45, 2.75) is 11.9 Å². The largest absolute Gasteiger partial charge is 0.481 e. The maximum atomic E-state index is 12.6. The summed E-state index contributed by atoms with van der Waals surface area (Å²) in [7, 11) is -2.98. The van der Waals surface area contributed by atoms with Crippen LogP contribution in [0.1, 0.15) is 5.69 Å². The van der Waals surface area contributed by atoms with Crippen LogP contribution in [0.3, 0.4) is 0 Å². The molecule has 0 radical (unpaired) electrons. The molecule has 0 aromatic carbocycles. The Bertz CT molecular complexity index is 1150. The number of anilines is 1. The number of ether oxygens (including phenoxy) is 1. The smallest absolute Gasteiger partial charge is 0.335 e. The van der Waals surface area contributed by atoms with Crippen LogP contribution in [-0.4, -0.2) is 40.9 Å². The number of aromatic nitrogens is 4. The number of rotatable bonds is 4. The van der Waals surface area contributed by atoms with Crippen LogP contribution in [0.4, 0.5) is 10.7 Å². The van der Waals surface area contributed by atoms with Crippen LogP contribution in [-0.2, 0) is 10.0 Å². The van der Waals surface area contributed by atoms with Crippen molar-refractivity contribution >= 4 is 50.9 Å². The van der Waals surface area contributed by atoms with Crippen LogP contribution < -0.4 is 14.8 Å². The van der Waals surface area contributed by atoms with E-state index in [1.165, 1.54) is 25.4 Å². The summed E-state index contributed by atoms with van der Waals surface area (Å²) in [6.07, 6.45) is 1.32. The van der Waals surface area contributed by atoms with Crippen LogP contribution >= 0.6 is 23.2 Å². The monoisotopic (exact) mass is 430 g/mol. The number of imidazole rings is 1. The molecular weight excluding hydrogens is 419 g/mol. The molecule has 0 aliphatic rings. The molecule has 0 aliphatic carbocycles. The van der Waals surface area contributed by atoms with Gasteiger partial charge in [0.2, 0.25) is 11.8 Å². The number of carbonyl (C=O) groups excluding carboxylic acids is 1. The maximum absolute atomic E-state index is 12.6. The molecule has 3 rings (SSSR count). The third-order valence-electron chi connectivity index (χ3n) is 3.25. The number of sulfonamides is 1. The van der Waals surface area contributed by atoms with Gasteiger partial charge in [-0.2, -0.15) is 13.4 Å². The highest BCUT2D eigenvalue weighted by Crippen LogP contribution is 2.24. The van der Waals surface area contributed by atoms with Crippen molar-refractivity contribution in [3.8, 4) is 5.88 Å². The van der Waals surface area contributed by atoms with Gasteiger partial charge in [-0.15, -0.1) is 0 Å². The van der Waals surface area contributed by atoms with Gasteiger partial charge in [-0.3, -0.25) is 9.72 Å². The number of hydrogen-bond donors (Lipinski definition) is 2. The zero-order chi connectivity index (χ0) is 19.8. The first-order valence-corrected chi connectivity index (χ1v) is 9.50. The summed E-state index contributed by atoms with van der Waals surface area (Å²) in [5.74, 6) is 0.0759. The van der Waals surface area contributed by atoms with E-state index in [0.717, 1.165) is 4.40 Å². The molecule has 0 spiro atoms. The van der Waals surface area contributed by atoms with Gasteiger partial charge in [0.1, 0.15) is 5.65 Å². The molecule has 0 saturated heterocycles. The lowest BCUT2D eigenvalue weighted by Crippen LogP contribution is -2.35. The SMILES string of the molecule is COc1cc(C)nc(NC(=O)NS(=O)(=O)c2c(Cl)nc3ccc(Cl)cn23)n1. The molecule has 3 aromatic rings. The molecule has 10 nitrogen and oxygen atoms in total. The number of nitrogens with one attached hydrogen (secondary N) is 2. The number of hydrogen-bond acceptors (Lipinski definition) is 7. The fourth-order valence-electron chi connectivity index (χ4n) is 2.21. The second-order valence-corrected chi connectivity index (χ2v) is 7.61. The normalized spacial score (nSPS) is 11.4. The third-order valence-corrected chi connectivity index (χ3v) is 5.20. The van der Waals surface area contributed by atoms with Gasteiger partial charge in [0, 0.05) is 18.0 Å². The van der Waals surface area contributed by atoms with Gasteiger partial charge in [-0.1, -0.05) is 23.2 Å². The first kappa shape index (κ1) is 19.1. The van der Waals surface area contributed by atoms with Crippen LogP contribution in [0.2, 0.25) is 10.2 Å². The van der Waals surface area contributed by atoms with Crippen LogP contribution in [0.15, 0.2) is 29.4 Å². The Kier molecular flexibility index (Phi) is 5.09. The van der Waals surface area contributed by atoms with E-state index in [-0.39, 0.29) is 27.7 Å². The fourth-order valence-corrected chi connectivity index (χ4v) is 3.91. The van der Waals surface area contributed by atoms with Crippen molar-refractivity contribution < 1.29 is 17.9 Å². The summed E-state index contributed by atoms with van der Waals surface area (Å²) < 4.78 is 33.2. The summed E-state index contributed by atoms with van der Waals surface area (Å²) in [5.41, 5.74) is 0.761. The molecule has 2 amide bonds. The zero-order valence-electron chi connectivity index (χ0n) is 13.9. The lowest BCUT2D eigenvalue weighted by Gasteiger charge is -2.09. The highest BCUT2D eigenvalue weighted by atomic mass is 35.5. The van der Waals surface area contributed by atoms with E-state index in [0.29, 0.717) is 5.69 Å². The number of nitrogens with zero attached hydrogens (tertiary/aromatic N) is 4. The molecule has 27 heavy (non-hydrogen) atoms. The second-order valence-electron chi connectivity index (χ2n) is 5.22. The minimum absolute atomic E-state index is 0.133. The quantitative estimate of drug-likeness (QED) is 0.649. The van der Waals surface area contributed by atoms with E-state index in [2.05, 4.69) is 20.3 Å². The molecule has 2 N–H and O–H groups in total. The molecule has 0 bridgehead atoms. The summed E-state index contributed by atoms with van der Waals surface area (Å²) >= 11 is 11.8. The van der Waals surface area contributed by atoms with Crippen molar-refractivity contribution in [1.29, 1.82) is 0 Å². The molecular formula is C14H12Cl2N6O4S. The standard InChI is InChI=1S/C14H12Cl2N6O4S/c1-7-5-10(26-2)19-13(17-7)20-14(23)21-27(24,25)12-11(16)18-9-4-3-8(15)6-22(9)12/h3-6H,1-2H3,(H2,17,19,20,21,23). The number of carbonyl (C=O) groups is 1. The fraction of sp³-hybridized carbons (Fsp3) is 0.143. The molecule has 3 heterocycles. The molecule has 142 valence electrons. The zero-order valence-corrected chi connectivity index (χ0v) is 16.2. The van der Waals surface area contributed by atoms with E-state index in [4.69, 9.17) is 27.9 Å². The van der Waals surface area contributed by atoms with Gasteiger partial charge >= 0.3 is 6.03 Å². The number of aryl methyl sites for hydroxylation is 1. The van der Waals surface area contributed by atoms with Crippen LogP contribution in [0, 0.1) is 6.92 Å².